The molecule has 0 spiro atoms. The quantitative estimate of drug-likeness (QED) is 0.651. The number of pyridine rings is 1. The Morgan fingerprint density at radius 2 is 1.68 bits per heavy atom. The maximum atomic E-state index is 13.1. The molecule has 2 nitrogen and oxygen atoms in total. The second-order valence-corrected chi connectivity index (χ2v) is 4.28. The van der Waals surface area contributed by atoms with Crippen LogP contribution in [0.4, 0.5) is 4.39 Å². The molecule has 0 fully saturated rings. The molecule has 0 radical (unpaired) electrons. The van der Waals surface area contributed by atoms with Crippen LogP contribution in [0.3, 0.4) is 0 Å². The number of halogens is 1. The van der Waals surface area contributed by atoms with Crippen molar-refractivity contribution in [2.45, 2.75) is 0 Å². The minimum atomic E-state index is -0.508. The van der Waals surface area contributed by atoms with Crippen molar-refractivity contribution in [2.75, 3.05) is 0 Å². The largest absolute Gasteiger partial charge is 0.289 e. The summed E-state index contributed by atoms with van der Waals surface area (Å²) in [5.41, 5.74) is 0.793. The highest BCUT2D eigenvalue weighted by atomic mass is 19.1. The molecular weight excluding hydrogens is 241 g/mol. The Balaban J connectivity index is 2.06. The Hall–Kier alpha value is -2.55. The van der Waals surface area contributed by atoms with Crippen molar-refractivity contribution < 1.29 is 9.18 Å². The van der Waals surface area contributed by atoms with Crippen LogP contribution < -0.4 is 0 Å². The smallest absolute Gasteiger partial charge is 0.194 e. The van der Waals surface area contributed by atoms with E-state index in [0.717, 1.165) is 17.0 Å². The second-order valence-electron chi connectivity index (χ2n) is 4.28. The van der Waals surface area contributed by atoms with Crippen molar-refractivity contribution in [3.8, 4) is 0 Å². The number of ketones is 1. The molecule has 0 unspecified atom stereocenters. The van der Waals surface area contributed by atoms with Crippen molar-refractivity contribution in [2.24, 2.45) is 0 Å². The van der Waals surface area contributed by atoms with Gasteiger partial charge >= 0.3 is 0 Å². The van der Waals surface area contributed by atoms with E-state index < -0.39 is 5.82 Å². The summed E-state index contributed by atoms with van der Waals surface area (Å²) in [5, 5.41) is 2.05. The van der Waals surface area contributed by atoms with Gasteiger partial charge in [-0.15, -0.1) is 0 Å². The standard InChI is InChI=1S/C16H10FNO/c17-15-8-14(9-18-10-15)16(19)13-6-5-11-3-1-2-4-12(11)7-13/h1-10H. The molecule has 0 atom stereocenters. The predicted molar refractivity (Wildman–Crippen MR) is 71.6 cm³/mol. The monoisotopic (exact) mass is 251 g/mol. The number of fused-ring (bicyclic) bond motifs is 1. The summed E-state index contributed by atoms with van der Waals surface area (Å²) in [6, 6.07) is 14.4. The van der Waals surface area contributed by atoms with Crippen molar-refractivity contribution in [1.29, 1.82) is 0 Å². The summed E-state index contributed by atoms with van der Waals surface area (Å²) in [6.07, 6.45) is 2.46. The molecule has 0 aliphatic carbocycles. The molecule has 1 aromatic heterocycles. The van der Waals surface area contributed by atoms with Gasteiger partial charge in [0.15, 0.2) is 5.78 Å². The van der Waals surface area contributed by atoms with Crippen LogP contribution in [0.25, 0.3) is 10.8 Å². The molecule has 0 N–H and O–H groups in total. The van der Waals surface area contributed by atoms with Crippen LogP contribution in [0.15, 0.2) is 60.9 Å². The number of hydrogen-bond donors (Lipinski definition) is 0. The van der Waals surface area contributed by atoms with Gasteiger partial charge in [-0.1, -0.05) is 36.4 Å². The van der Waals surface area contributed by atoms with Gasteiger partial charge in [0.05, 0.1) is 6.20 Å². The van der Waals surface area contributed by atoms with Gasteiger partial charge in [0.25, 0.3) is 0 Å². The molecule has 3 rings (SSSR count). The molecule has 19 heavy (non-hydrogen) atoms. The maximum Gasteiger partial charge on any atom is 0.194 e. The lowest BCUT2D eigenvalue weighted by Gasteiger charge is -2.03. The van der Waals surface area contributed by atoms with Crippen LogP contribution in [0.5, 0.6) is 0 Å². The number of nitrogens with zero attached hydrogens (tertiary/aromatic N) is 1. The van der Waals surface area contributed by atoms with Gasteiger partial charge in [0.1, 0.15) is 5.82 Å². The highest BCUT2D eigenvalue weighted by Gasteiger charge is 2.10. The van der Waals surface area contributed by atoms with Crippen molar-refractivity contribution in [1.82, 2.24) is 4.98 Å². The SMILES string of the molecule is O=C(c1cncc(F)c1)c1ccc2ccccc2c1. The molecular formula is C16H10FNO. The molecule has 1 heterocycles. The van der Waals surface area contributed by atoms with E-state index in [1.807, 2.05) is 36.4 Å². The molecule has 3 aromatic rings. The van der Waals surface area contributed by atoms with Crippen LogP contribution in [0.1, 0.15) is 15.9 Å². The lowest BCUT2D eigenvalue weighted by atomic mass is 10.0. The molecule has 92 valence electrons. The van der Waals surface area contributed by atoms with Gasteiger partial charge in [0.2, 0.25) is 0 Å². The van der Waals surface area contributed by atoms with E-state index in [1.165, 1.54) is 12.3 Å². The van der Waals surface area contributed by atoms with Crippen LogP contribution in [0, 0.1) is 5.82 Å². The topological polar surface area (TPSA) is 30.0 Å². The second kappa shape index (κ2) is 4.61. The summed E-state index contributed by atoms with van der Waals surface area (Å²) in [6.45, 7) is 0. The van der Waals surface area contributed by atoms with E-state index in [-0.39, 0.29) is 11.3 Å². The zero-order chi connectivity index (χ0) is 13.2. The molecule has 3 heteroatoms. The Labute approximate surface area is 109 Å². The average Bonchev–Trinajstić information content (AvgIpc) is 2.46. The lowest BCUT2D eigenvalue weighted by Crippen LogP contribution is -2.02. The number of hydrogen-bond acceptors (Lipinski definition) is 2. The molecule has 0 amide bonds. The fourth-order valence-electron chi connectivity index (χ4n) is 2.03. The maximum absolute atomic E-state index is 13.1. The van der Waals surface area contributed by atoms with Gasteiger partial charge in [-0.25, -0.2) is 4.39 Å². The van der Waals surface area contributed by atoms with Gasteiger partial charge in [-0.2, -0.15) is 0 Å². The normalized spacial score (nSPS) is 10.6. The zero-order valence-corrected chi connectivity index (χ0v) is 10.0. The third-order valence-corrected chi connectivity index (χ3v) is 2.98. The molecule has 0 aliphatic heterocycles. The van der Waals surface area contributed by atoms with E-state index in [2.05, 4.69) is 4.98 Å². The summed E-state index contributed by atoms with van der Waals surface area (Å²) < 4.78 is 13.1. The molecule has 0 bridgehead atoms. The first-order valence-corrected chi connectivity index (χ1v) is 5.88. The van der Waals surface area contributed by atoms with Crippen LogP contribution in [0.2, 0.25) is 0 Å². The summed E-state index contributed by atoms with van der Waals surface area (Å²) in [5.74, 6) is -0.732. The van der Waals surface area contributed by atoms with E-state index in [4.69, 9.17) is 0 Å². The summed E-state index contributed by atoms with van der Waals surface area (Å²) in [4.78, 5) is 15.9. The van der Waals surface area contributed by atoms with Gasteiger partial charge < -0.3 is 0 Å². The fraction of sp³-hybridized carbons (Fsp3) is 0. The summed E-state index contributed by atoms with van der Waals surface area (Å²) in [7, 11) is 0. The van der Waals surface area contributed by atoms with Crippen LogP contribution >= 0.6 is 0 Å². The van der Waals surface area contributed by atoms with Crippen molar-refractivity contribution in [3.05, 3.63) is 77.9 Å². The highest BCUT2D eigenvalue weighted by molar-refractivity contribution is 6.10. The third kappa shape index (κ3) is 2.22. The van der Waals surface area contributed by atoms with Gasteiger partial charge in [-0.3, -0.25) is 9.78 Å². The zero-order valence-electron chi connectivity index (χ0n) is 10.0. The first-order chi connectivity index (χ1) is 9.24. The minimum absolute atomic E-state index is 0.224. The Bertz CT molecular complexity index is 767. The van der Waals surface area contributed by atoms with E-state index in [9.17, 15) is 9.18 Å². The van der Waals surface area contributed by atoms with Crippen LogP contribution in [-0.4, -0.2) is 10.8 Å². The van der Waals surface area contributed by atoms with Crippen LogP contribution in [-0.2, 0) is 0 Å². The summed E-state index contributed by atoms with van der Waals surface area (Å²) >= 11 is 0. The number of benzene rings is 2. The van der Waals surface area contributed by atoms with E-state index in [0.29, 0.717) is 5.56 Å². The Morgan fingerprint density at radius 1 is 0.895 bits per heavy atom. The first-order valence-electron chi connectivity index (χ1n) is 5.88. The van der Waals surface area contributed by atoms with Crippen molar-refractivity contribution in [3.63, 3.8) is 0 Å². The molecule has 0 saturated heterocycles. The van der Waals surface area contributed by atoms with Crippen molar-refractivity contribution >= 4 is 16.6 Å². The Morgan fingerprint density at radius 3 is 2.47 bits per heavy atom. The average molecular weight is 251 g/mol. The van der Waals surface area contributed by atoms with Gasteiger partial charge in [0, 0.05) is 17.3 Å². The number of rotatable bonds is 2. The Kier molecular flexibility index (Phi) is 2.80. The lowest BCUT2D eigenvalue weighted by molar-refractivity contribution is 0.103. The first kappa shape index (κ1) is 11.5. The molecule has 0 aliphatic rings. The molecule has 2 aromatic carbocycles. The fourth-order valence-corrected chi connectivity index (χ4v) is 2.03. The van der Waals surface area contributed by atoms with E-state index in [1.54, 1.807) is 6.07 Å². The van der Waals surface area contributed by atoms with E-state index >= 15 is 0 Å². The van der Waals surface area contributed by atoms with Gasteiger partial charge in [-0.05, 0) is 22.9 Å². The highest BCUT2D eigenvalue weighted by Crippen LogP contribution is 2.18. The third-order valence-electron chi connectivity index (χ3n) is 2.98. The molecule has 0 saturated carbocycles. The number of carbonyl (C=O) groups excluding carboxylic acids is 1. The number of aromatic nitrogens is 1. The number of carbonyl (C=O) groups is 1. The minimum Gasteiger partial charge on any atom is -0.289 e. The predicted octanol–water partition coefficient (Wildman–Crippen LogP) is 3.60.